The van der Waals surface area contributed by atoms with Crippen LogP contribution in [0.15, 0.2) is 18.2 Å². The summed E-state index contributed by atoms with van der Waals surface area (Å²) in [6.45, 7) is 7.77. The number of aliphatic hydroxyl groups excluding tert-OH is 1. The third-order valence-corrected chi connectivity index (χ3v) is 6.19. The van der Waals surface area contributed by atoms with Gasteiger partial charge in [-0.25, -0.2) is 0 Å². The van der Waals surface area contributed by atoms with Crippen LogP contribution in [0.4, 0.5) is 5.69 Å². The lowest BCUT2D eigenvalue weighted by atomic mass is 9.73. The molecule has 1 aromatic carbocycles. The normalized spacial score (nSPS) is 25.7. The molecular weight excluding hydrogens is 394 g/mol. The van der Waals surface area contributed by atoms with Crippen LogP contribution in [0, 0.1) is 13.8 Å². The number of aryl methyl sites for hydroxylation is 1. The minimum Gasteiger partial charge on any atom is -0.388 e. The first-order valence-electron chi connectivity index (χ1n) is 9.96. The van der Waals surface area contributed by atoms with Gasteiger partial charge in [-0.3, -0.25) is 9.59 Å². The maximum atomic E-state index is 12.5. The fraction of sp³-hybridized carbons (Fsp3) is 0.619. The van der Waals surface area contributed by atoms with E-state index >= 15 is 0 Å². The van der Waals surface area contributed by atoms with E-state index in [1.807, 2.05) is 39.0 Å². The van der Waals surface area contributed by atoms with Crippen LogP contribution in [-0.2, 0) is 14.3 Å². The number of aliphatic hydroxyl groups is 1. The Balaban J connectivity index is 0.00000300. The van der Waals surface area contributed by atoms with Gasteiger partial charge >= 0.3 is 0 Å². The Kier molecular flexibility index (Phi) is 7.67. The van der Waals surface area contributed by atoms with E-state index in [1.54, 1.807) is 0 Å². The number of hydrogen-bond donors (Lipinski definition) is 4. The highest BCUT2D eigenvalue weighted by Gasteiger charge is 2.53. The van der Waals surface area contributed by atoms with Crippen molar-refractivity contribution in [2.24, 2.45) is 0 Å². The van der Waals surface area contributed by atoms with Gasteiger partial charge in [0.1, 0.15) is 12.5 Å². The first-order chi connectivity index (χ1) is 13.3. The molecule has 7 nitrogen and oxygen atoms in total. The number of ether oxygens (including phenoxy) is 1. The van der Waals surface area contributed by atoms with Crippen molar-refractivity contribution < 1.29 is 19.4 Å². The third kappa shape index (κ3) is 5.09. The molecule has 0 radical (unpaired) electrons. The van der Waals surface area contributed by atoms with Gasteiger partial charge in [-0.15, -0.1) is 12.4 Å². The Morgan fingerprint density at radius 2 is 1.90 bits per heavy atom. The molecule has 0 aromatic heterocycles. The number of hydrogen-bond acceptors (Lipinski definition) is 5. The molecule has 0 unspecified atom stereocenters. The second-order valence-electron chi connectivity index (χ2n) is 8.25. The van der Waals surface area contributed by atoms with Gasteiger partial charge in [-0.2, -0.15) is 0 Å². The number of amides is 2. The number of carbonyl (C=O) groups is 2. The Morgan fingerprint density at radius 1 is 1.21 bits per heavy atom. The monoisotopic (exact) mass is 425 g/mol. The molecule has 0 bridgehead atoms. The zero-order valence-corrected chi connectivity index (χ0v) is 18.2. The van der Waals surface area contributed by atoms with Crippen LogP contribution >= 0.6 is 12.4 Å². The number of benzene rings is 1. The van der Waals surface area contributed by atoms with Gasteiger partial charge in [-0.1, -0.05) is 12.1 Å². The van der Waals surface area contributed by atoms with Gasteiger partial charge in [-0.05, 0) is 70.3 Å². The molecule has 2 atom stereocenters. The van der Waals surface area contributed by atoms with Crippen molar-refractivity contribution in [3.05, 3.63) is 29.3 Å². The molecule has 2 aliphatic rings. The average Bonchev–Trinajstić information content (AvgIpc) is 2.64. The van der Waals surface area contributed by atoms with Crippen LogP contribution in [0.5, 0.6) is 0 Å². The number of rotatable bonds is 4. The fourth-order valence-corrected chi connectivity index (χ4v) is 4.25. The number of anilines is 1. The zero-order valence-electron chi connectivity index (χ0n) is 17.3. The lowest BCUT2D eigenvalue weighted by molar-refractivity contribution is -0.200. The van der Waals surface area contributed by atoms with Crippen molar-refractivity contribution in [1.29, 1.82) is 0 Å². The summed E-state index contributed by atoms with van der Waals surface area (Å²) in [5, 5.41) is 20.0. The van der Waals surface area contributed by atoms with Crippen molar-refractivity contribution in [1.82, 2.24) is 10.6 Å². The average molecular weight is 426 g/mol. The SMILES string of the molecule is Cc1cccc(NC(=O)CC(=O)N[C@]2(C)CCOC3(CCNCC3)[C@H]2O)c1C.Cl. The predicted molar refractivity (Wildman–Crippen MR) is 114 cm³/mol. The molecule has 2 fully saturated rings. The van der Waals surface area contributed by atoms with Crippen LogP contribution in [-0.4, -0.2) is 53.9 Å². The highest BCUT2D eigenvalue weighted by Crippen LogP contribution is 2.38. The first kappa shape index (κ1) is 23.6. The van der Waals surface area contributed by atoms with Crippen molar-refractivity contribution in [3.8, 4) is 0 Å². The molecule has 2 aliphatic heterocycles. The fourth-order valence-electron chi connectivity index (χ4n) is 4.25. The summed E-state index contributed by atoms with van der Waals surface area (Å²) < 4.78 is 5.96. The van der Waals surface area contributed by atoms with Gasteiger partial charge in [0.2, 0.25) is 11.8 Å². The summed E-state index contributed by atoms with van der Waals surface area (Å²) in [7, 11) is 0. The van der Waals surface area contributed by atoms with Crippen LogP contribution in [0.2, 0.25) is 0 Å². The van der Waals surface area contributed by atoms with E-state index in [1.165, 1.54) is 0 Å². The number of piperidine rings is 1. The van der Waals surface area contributed by atoms with Gasteiger partial charge < -0.3 is 25.8 Å². The second-order valence-corrected chi connectivity index (χ2v) is 8.25. The summed E-state index contributed by atoms with van der Waals surface area (Å²) >= 11 is 0. The van der Waals surface area contributed by atoms with Gasteiger partial charge in [0.15, 0.2) is 0 Å². The van der Waals surface area contributed by atoms with Gasteiger partial charge in [0.25, 0.3) is 0 Å². The first-order valence-corrected chi connectivity index (χ1v) is 9.96. The molecule has 3 rings (SSSR count). The molecule has 0 saturated carbocycles. The molecular formula is C21H32ClN3O4. The summed E-state index contributed by atoms with van der Waals surface area (Å²) in [6, 6.07) is 5.67. The molecule has 1 spiro atoms. The molecule has 2 amide bonds. The Morgan fingerprint density at radius 3 is 2.59 bits per heavy atom. The number of carbonyl (C=O) groups excluding carboxylic acids is 2. The van der Waals surface area contributed by atoms with Crippen molar-refractivity contribution in [2.45, 2.75) is 63.7 Å². The number of nitrogens with one attached hydrogen (secondary N) is 3. The molecule has 1 aromatic rings. The highest BCUT2D eigenvalue weighted by atomic mass is 35.5. The lowest BCUT2D eigenvalue weighted by Crippen LogP contribution is -2.69. The second kappa shape index (κ2) is 9.43. The van der Waals surface area contributed by atoms with Crippen molar-refractivity contribution in [2.75, 3.05) is 25.0 Å². The van der Waals surface area contributed by atoms with E-state index in [0.29, 0.717) is 31.6 Å². The minimum absolute atomic E-state index is 0. The molecule has 0 aliphatic carbocycles. The maximum absolute atomic E-state index is 12.5. The highest BCUT2D eigenvalue weighted by molar-refractivity contribution is 6.04. The minimum atomic E-state index is -0.818. The summed E-state index contributed by atoms with van der Waals surface area (Å²) in [6.07, 6.45) is 0.806. The van der Waals surface area contributed by atoms with E-state index in [-0.39, 0.29) is 24.7 Å². The van der Waals surface area contributed by atoms with Gasteiger partial charge in [0.05, 0.1) is 11.1 Å². The Labute approximate surface area is 178 Å². The van der Waals surface area contributed by atoms with E-state index in [0.717, 1.165) is 24.2 Å². The molecule has 2 saturated heterocycles. The molecule has 4 N–H and O–H groups in total. The predicted octanol–water partition coefficient (Wildman–Crippen LogP) is 1.83. The molecule has 29 heavy (non-hydrogen) atoms. The van der Waals surface area contributed by atoms with Crippen molar-refractivity contribution in [3.63, 3.8) is 0 Å². The Hall–Kier alpha value is -1.67. The van der Waals surface area contributed by atoms with Crippen LogP contribution in [0.1, 0.15) is 43.7 Å². The van der Waals surface area contributed by atoms with Crippen LogP contribution in [0.25, 0.3) is 0 Å². The lowest BCUT2D eigenvalue weighted by Gasteiger charge is -2.52. The molecule has 2 heterocycles. The maximum Gasteiger partial charge on any atom is 0.233 e. The van der Waals surface area contributed by atoms with E-state index in [4.69, 9.17) is 4.74 Å². The standard InChI is InChI=1S/C21H31N3O4.ClH/c1-14-5-4-6-16(15(14)2)23-17(25)13-18(26)24-20(3)9-12-28-21(19(20)27)7-10-22-11-8-21;/h4-6,19,22,27H,7-13H2,1-3H3,(H,23,25)(H,24,26);1H/t19-,20+;/m0./s1. The van der Waals surface area contributed by atoms with E-state index in [9.17, 15) is 14.7 Å². The Bertz CT molecular complexity index is 746. The summed E-state index contributed by atoms with van der Waals surface area (Å²) in [5.41, 5.74) is 1.32. The quantitative estimate of drug-likeness (QED) is 0.551. The number of halogens is 1. The molecule has 8 heteroatoms. The largest absolute Gasteiger partial charge is 0.388 e. The van der Waals surface area contributed by atoms with Crippen molar-refractivity contribution >= 4 is 29.9 Å². The van der Waals surface area contributed by atoms with E-state index < -0.39 is 23.2 Å². The molecule has 162 valence electrons. The van der Waals surface area contributed by atoms with Crippen LogP contribution in [0.3, 0.4) is 0 Å². The van der Waals surface area contributed by atoms with Crippen LogP contribution < -0.4 is 16.0 Å². The van der Waals surface area contributed by atoms with Gasteiger partial charge in [0, 0.05) is 12.3 Å². The smallest absolute Gasteiger partial charge is 0.233 e. The zero-order chi connectivity index (χ0) is 20.4. The summed E-state index contributed by atoms with van der Waals surface area (Å²) in [4.78, 5) is 24.9. The summed E-state index contributed by atoms with van der Waals surface area (Å²) in [5.74, 6) is -0.761. The third-order valence-electron chi connectivity index (χ3n) is 6.19. The topological polar surface area (TPSA) is 99.7 Å². The van der Waals surface area contributed by atoms with E-state index in [2.05, 4.69) is 16.0 Å².